The van der Waals surface area contributed by atoms with Gasteiger partial charge in [0.25, 0.3) is 5.91 Å². The summed E-state index contributed by atoms with van der Waals surface area (Å²) >= 11 is 0. The first kappa shape index (κ1) is 21.0. The van der Waals surface area contributed by atoms with Crippen molar-refractivity contribution in [1.82, 2.24) is 14.9 Å². The summed E-state index contributed by atoms with van der Waals surface area (Å²) < 4.78 is 5.44. The van der Waals surface area contributed by atoms with Gasteiger partial charge in [-0.2, -0.15) is 0 Å². The average molecular weight is 396 g/mol. The first-order valence-electron chi connectivity index (χ1n) is 10.3. The first-order valence-corrected chi connectivity index (χ1v) is 10.3. The highest BCUT2D eigenvalue weighted by Crippen LogP contribution is 2.36. The minimum Gasteiger partial charge on any atom is -0.466 e. The lowest BCUT2D eigenvalue weighted by molar-refractivity contribution is -0.159. The van der Waals surface area contributed by atoms with Crippen LogP contribution in [0.2, 0.25) is 0 Å². The van der Waals surface area contributed by atoms with Crippen LogP contribution in [-0.4, -0.2) is 46.4 Å². The summed E-state index contributed by atoms with van der Waals surface area (Å²) in [5.41, 5.74) is 1.65. The molecule has 6 nitrogen and oxygen atoms in total. The Morgan fingerprint density at radius 3 is 2.62 bits per heavy atom. The Labute approximate surface area is 172 Å². The van der Waals surface area contributed by atoms with Gasteiger partial charge in [-0.1, -0.05) is 30.3 Å². The van der Waals surface area contributed by atoms with Crippen molar-refractivity contribution in [2.75, 3.05) is 19.7 Å². The van der Waals surface area contributed by atoms with Crippen molar-refractivity contribution in [1.29, 1.82) is 0 Å². The standard InChI is InChI=1S/C23H29N3O3/c1-4-29-22(28)23(13-11-19-9-6-5-7-10-19)12-8-14-26(16-23)21(27)20-15-17(2)24-18(3)25-20/h5-7,9-10,15H,4,8,11-14,16H2,1-3H3. The van der Waals surface area contributed by atoms with Crippen LogP contribution in [0.3, 0.4) is 0 Å². The first-order chi connectivity index (χ1) is 13.9. The highest BCUT2D eigenvalue weighted by molar-refractivity contribution is 5.93. The monoisotopic (exact) mass is 395 g/mol. The van der Waals surface area contributed by atoms with E-state index in [1.807, 2.05) is 32.0 Å². The van der Waals surface area contributed by atoms with Gasteiger partial charge in [-0.25, -0.2) is 9.97 Å². The van der Waals surface area contributed by atoms with Crippen LogP contribution in [-0.2, 0) is 16.0 Å². The molecule has 1 unspecified atom stereocenters. The molecule has 154 valence electrons. The third-order valence-corrected chi connectivity index (χ3v) is 5.49. The van der Waals surface area contributed by atoms with Crippen molar-refractivity contribution >= 4 is 11.9 Å². The fourth-order valence-corrected chi connectivity index (χ4v) is 4.08. The highest BCUT2D eigenvalue weighted by Gasteiger charge is 2.44. The summed E-state index contributed by atoms with van der Waals surface area (Å²) in [5.74, 6) is 0.223. The maximum Gasteiger partial charge on any atom is 0.313 e. The zero-order chi connectivity index (χ0) is 20.9. The second-order valence-corrected chi connectivity index (χ2v) is 7.76. The van der Waals surface area contributed by atoms with Gasteiger partial charge in [0, 0.05) is 18.8 Å². The van der Waals surface area contributed by atoms with E-state index < -0.39 is 5.41 Å². The van der Waals surface area contributed by atoms with Gasteiger partial charge in [0.05, 0.1) is 12.0 Å². The van der Waals surface area contributed by atoms with E-state index in [0.29, 0.717) is 37.6 Å². The lowest BCUT2D eigenvalue weighted by atomic mass is 9.75. The van der Waals surface area contributed by atoms with E-state index in [1.165, 1.54) is 5.56 Å². The lowest BCUT2D eigenvalue weighted by Gasteiger charge is -2.41. The van der Waals surface area contributed by atoms with Crippen LogP contribution in [0.5, 0.6) is 0 Å². The third kappa shape index (κ3) is 5.00. The Balaban J connectivity index is 1.82. The number of likely N-dealkylation sites (tertiary alicyclic amines) is 1. The molecule has 1 atom stereocenters. The quantitative estimate of drug-likeness (QED) is 0.700. The molecule has 0 N–H and O–H groups in total. The summed E-state index contributed by atoms with van der Waals surface area (Å²) in [6.45, 7) is 6.77. The number of aryl methyl sites for hydroxylation is 3. The van der Waals surface area contributed by atoms with Crippen LogP contribution in [0.1, 0.15) is 53.8 Å². The smallest absolute Gasteiger partial charge is 0.313 e. The molecule has 2 aromatic rings. The number of nitrogens with zero attached hydrogens (tertiary/aromatic N) is 3. The van der Waals surface area contributed by atoms with Crippen molar-refractivity contribution in [3.63, 3.8) is 0 Å². The molecule has 1 saturated heterocycles. The Bertz CT molecular complexity index is 849. The van der Waals surface area contributed by atoms with Gasteiger partial charge in [0.1, 0.15) is 11.5 Å². The second-order valence-electron chi connectivity index (χ2n) is 7.76. The second kappa shape index (κ2) is 9.16. The number of esters is 1. The van der Waals surface area contributed by atoms with E-state index in [1.54, 1.807) is 17.9 Å². The molecular weight excluding hydrogens is 366 g/mol. The molecular formula is C23H29N3O3. The average Bonchev–Trinajstić information content (AvgIpc) is 2.72. The number of hydrogen-bond donors (Lipinski definition) is 0. The van der Waals surface area contributed by atoms with Crippen LogP contribution in [0, 0.1) is 19.3 Å². The molecule has 1 amide bonds. The summed E-state index contributed by atoms with van der Waals surface area (Å²) in [5, 5.41) is 0. The van der Waals surface area contributed by atoms with Gasteiger partial charge >= 0.3 is 5.97 Å². The van der Waals surface area contributed by atoms with Crippen LogP contribution >= 0.6 is 0 Å². The minimum absolute atomic E-state index is 0.147. The predicted molar refractivity (Wildman–Crippen MR) is 110 cm³/mol. The molecule has 1 aliphatic rings. The molecule has 0 aliphatic carbocycles. The fraction of sp³-hybridized carbons (Fsp3) is 0.478. The van der Waals surface area contributed by atoms with E-state index in [0.717, 1.165) is 25.0 Å². The predicted octanol–water partition coefficient (Wildman–Crippen LogP) is 3.51. The van der Waals surface area contributed by atoms with Gasteiger partial charge in [-0.05, 0) is 58.1 Å². The number of carbonyl (C=O) groups excluding carboxylic acids is 2. The topological polar surface area (TPSA) is 72.4 Å². The molecule has 3 rings (SSSR count). The number of rotatable bonds is 6. The van der Waals surface area contributed by atoms with Crippen LogP contribution < -0.4 is 0 Å². The van der Waals surface area contributed by atoms with Crippen molar-refractivity contribution in [2.24, 2.45) is 5.41 Å². The van der Waals surface area contributed by atoms with Crippen molar-refractivity contribution in [3.8, 4) is 0 Å². The normalized spacial score (nSPS) is 19.1. The fourth-order valence-electron chi connectivity index (χ4n) is 4.08. The Morgan fingerprint density at radius 1 is 1.17 bits per heavy atom. The lowest BCUT2D eigenvalue weighted by Crippen LogP contribution is -2.51. The third-order valence-electron chi connectivity index (χ3n) is 5.49. The number of benzene rings is 1. The summed E-state index contributed by atoms with van der Waals surface area (Å²) in [7, 11) is 0. The summed E-state index contributed by atoms with van der Waals surface area (Å²) in [4.78, 5) is 36.4. The van der Waals surface area contributed by atoms with E-state index in [-0.39, 0.29) is 11.9 Å². The number of piperidine rings is 1. The van der Waals surface area contributed by atoms with E-state index in [4.69, 9.17) is 4.74 Å². The number of ether oxygens (including phenoxy) is 1. The van der Waals surface area contributed by atoms with Crippen molar-refractivity contribution < 1.29 is 14.3 Å². The number of amides is 1. The van der Waals surface area contributed by atoms with Crippen molar-refractivity contribution in [3.05, 3.63) is 59.2 Å². The number of hydrogen-bond acceptors (Lipinski definition) is 5. The van der Waals surface area contributed by atoms with E-state index in [9.17, 15) is 9.59 Å². The minimum atomic E-state index is -0.684. The zero-order valence-corrected chi connectivity index (χ0v) is 17.5. The van der Waals surface area contributed by atoms with Gasteiger partial charge in [-0.3, -0.25) is 9.59 Å². The molecule has 1 aromatic heterocycles. The van der Waals surface area contributed by atoms with Gasteiger partial charge in [-0.15, -0.1) is 0 Å². The maximum atomic E-state index is 13.1. The van der Waals surface area contributed by atoms with E-state index in [2.05, 4.69) is 22.1 Å². The van der Waals surface area contributed by atoms with Gasteiger partial charge in [0.15, 0.2) is 0 Å². The Hall–Kier alpha value is -2.76. The Kier molecular flexibility index (Phi) is 6.62. The van der Waals surface area contributed by atoms with E-state index >= 15 is 0 Å². The van der Waals surface area contributed by atoms with Crippen LogP contribution in [0.25, 0.3) is 0 Å². The molecule has 0 bridgehead atoms. The zero-order valence-electron chi connectivity index (χ0n) is 17.5. The molecule has 2 heterocycles. The summed E-state index contributed by atoms with van der Waals surface area (Å²) in [6.07, 6.45) is 2.92. The van der Waals surface area contributed by atoms with Gasteiger partial charge in [0.2, 0.25) is 0 Å². The number of aromatic nitrogens is 2. The number of carbonyl (C=O) groups is 2. The maximum absolute atomic E-state index is 13.1. The molecule has 29 heavy (non-hydrogen) atoms. The Morgan fingerprint density at radius 2 is 1.93 bits per heavy atom. The molecule has 1 aliphatic heterocycles. The van der Waals surface area contributed by atoms with Crippen LogP contribution in [0.15, 0.2) is 36.4 Å². The molecule has 1 aromatic carbocycles. The molecule has 0 radical (unpaired) electrons. The molecule has 1 fully saturated rings. The highest BCUT2D eigenvalue weighted by atomic mass is 16.5. The SMILES string of the molecule is CCOC(=O)C1(CCc2ccccc2)CCCN(C(=O)c2cc(C)nc(C)n2)C1. The summed E-state index contributed by atoms with van der Waals surface area (Å²) in [6, 6.07) is 11.8. The largest absolute Gasteiger partial charge is 0.466 e. The van der Waals surface area contributed by atoms with Gasteiger partial charge < -0.3 is 9.64 Å². The van der Waals surface area contributed by atoms with Crippen molar-refractivity contribution in [2.45, 2.75) is 46.5 Å². The molecule has 0 spiro atoms. The molecule has 0 saturated carbocycles. The molecule has 6 heteroatoms. The van der Waals surface area contributed by atoms with Crippen LogP contribution in [0.4, 0.5) is 0 Å².